The molecule has 0 amide bonds. The lowest BCUT2D eigenvalue weighted by atomic mass is 10.1. The highest BCUT2D eigenvalue weighted by atomic mass is 28.4. The predicted molar refractivity (Wildman–Crippen MR) is 126 cm³/mol. The Morgan fingerprint density at radius 3 is 2.00 bits per heavy atom. The number of hydrogen-bond donors (Lipinski definition) is 0. The molecule has 0 aromatic heterocycles. The van der Waals surface area contributed by atoms with E-state index in [0.717, 1.165) is 5.57 Å². The maximum atomic E-state index is 8.12. The lowest BCUT2D eigenvalue weighted by Gasteiger charge is -2.42. The van der Waals surface area contributed by atoms with Crippen molar-refractivity contribution in [3.05, 3.63) is 83.9 Å². The average Bonchev–Trinajstić information content (AvgIpc) is 2.73. The molecule has 0 spiro atoms. The highest BCUT2D eigenvalue weighted by Crippen LogP contribution is 2.36. The maximum absolute atomic E-state index is 8.12. The van der Waals surface area contributed by atoms with Gasteiger partial charge in [-0.15, -0.1) is 0 Å². The van der Waals surface area contributed by atoms with Crippen molar-refractivity contribution in [1.29, 1.82) is 0 Å². The van der Waals surface area contributed by atoms with Gasteiger partial charge in [-0.2, -0.15) is 0 Å². The zero-order chi connectivity index (χ0) is 26.5. The molecule has 0 aliphatic heterocycles. The smallest absolute Gasteiger partial charge is 0.261 e. The number of allylic oxidation sites excluding steroid dienone is 3. The quantitative estimate of drug-likeness (QED) is 0.376. The van der Waals surface area contributed by atoms with Gasteiger partial charge in [0.15, 0.2) is 0 Å². The average molecular weight is 400 g/mol. The summed E-state index contributed by atoms with van der Waals surface area (Å²) in [4.78, 5) is 0. The lowest BCUT2D eigenvalue weighted by Crippen LogP contribution is -2.66. The molecule has 0 saturated heterocycles. The summed E-state index contributed by atoms with van der Waals surface area (Å²) in [5, 5.41) is 2.21. The van der Waals surface area contributed by atoms with Crippen molar-refractivity contribution >= 4 is 18.7 Å². The first-order chi connectivity index (χ1) is 16.1. The summed E-state index contributed by atoms with van der Waals surface area (Å²) in [5.41, 5.74) is 0.171. The lowest BCUT2D eigenvalue weighted by molar-refractivity contribution is 0.338. The van der Waals surface area contributed by atoms with Crippen LogP contribution in [0, 0.1) is 0 Å². The van der Waals surface area contributed by atoms with E-state index < -0.39 is 27.6 Å². The van der Waals surface area contributed by atoms with Crippen LogP contribution in [0.3, 0.4) is 0 Å². The van der Waals surface area contributed by atoms with Crippen LogP contribution in [0.15, 0.2) is 83.9 Å². The highest BCUT2D eigenvalue weighted by molar-refractivity contribution is 6.99. The van der Waals surface area contributed by atoms with Gasteiger partial charge >= 0.3 is 0 Å². The molecule has 2 heteroatoms. The summed E-state index contributed by atoms with van der Waals surface area (Å²) in [5.74, 6) is 0. The molecule has 1 nitrogen and oxygen atoms in total. The van der Waals surface area contributed by atoms with Gasteiger partial charge in [-0.3, -0.25) is 0 Å². The first kappa shape index (κ1) is 14.1. The maximum Gasteiger partial charge on any atom is 0.261 e. The molecule has 2 aromatic rings. The van der Waals surface area contributed by atoms with Crippen molar-refractivity contribution in [2.24, 2.45) is 0 Å². The van der Waals surface area contributed by atoms with Crippen LogP contribution in [-0.2, 0) is 4.43 Å². The number of rotatable bonds is 8. The Balaban J connectivity index is 2.31. The summed E-state index contributed by atoms with van der Waals surface area (Å²) in [7, 11) is -2.67. The van der Waals surface area contributed by atoms with E-state index in [0.29, 0.717) is 13.0 Å². The Morgan fingerprint density at radius 1 is 1.00 bits per heavy atom. The molecule has 0 unspecified atom stereocenters. The van der Waals surface area contributed by atoms with Crippen LogP contribution in [0.25, 0.3) is 0 Å². The van der Waals surface area contributed by atoms with Crippen LogP contribution in [-0.4, -0.2) is 14.9 Å². The molecule has 0 atom stereocenters. The van der Waals surface area contributed by atoms with Gasteiger partial charge in [0.25, 0.3) is 8.32 Å². The second-order valence-electron chi connectivity index (χ2n) is 8.08. The molecule has 0 fully saturated rings. The van der Waals surface area contributed by atoms with Gasteiger partial charge in [-0.25, -0.2) is 0 Å². The van der Waals surface area contributed by atoms with E-state index in [1.807, 2.05) is 49.4 Å². The van der Waals surface area contributed by atoms with E-state index in [-0.39, 0.29) is 17.5 Å². The molecule has 0 aliphatic carbocycles. The first-order valence-corrected chi connectivity index (χ1v) is 11.6. The number of benzene rings is 2. The topological polar surface area (TPSA) is 9.23 Å². The van der Waals surface area contributed by atoms with Gasteiger partial charge in [0.1, 0.15) is 0 Å². The third-order valence-electron chi connectivity index (χ3n) is 4.97. The van der Waals surface area contributed by atoms with Crippen LogP contribution in [0.5, 0.6) is 0 Å². The van der Waals surface area contributed by atoms with Crippen molar-refractivity contribution in [1.82, 2.24) is 0 Å². The Labute approximate surface area is 183 Å². The number of hydrogen-bond acceptors (Lipinski definition) is 1. The van der Waals surface area contributed by atoms with Crippen molar-refractivity contribution in [2.75, 3.05) is 6.61 Å². The molecular weight excluding hydrogens is 356 g/mol. The minimum atomic E-state index is -2.81. The zero-order valence-corrected chi connectivity index (χ0v) is 18.4. The first-order valence-electron chi connectivity index (χ1n) is 13.2. The molecule has 0 saturated carbocycles. The molecule has 28 heavy (non-hydrogen) atoms. The minimum absolute atomic E-state index is 0.0493. The van der Waals surface area contributed by atoms with Crippen molar-refractivity contribution in [2.45, 2.75) is 59.3 Å². The van der Waals surface area contributed by atoms with Crippen LogP contribution in [0.2, 0.25) is 5.04 Å². The van der Waals surface area contributed by atoms with Gasteiger partial charge in [0.2, 0.25) is 0 Å². The molecule has 2 rings (SSSR count). The van der Waals surface area contributed by atoms with Crippen molar-refractivity contribution in [3.8, 4) is 0 Å². The Bertz CT molecular complexity index is 962. The van der Waals surface area contributed by atoms with E-state index in [4.69, 9.17) is 14.0 Å². The third-order valence-corrected chi connectivity index (χ3v) is 9.97. The molecule has 0 heterocycles. The Hall–Kier alpha value is -1.90. The van der Waals surface area contributed by atoms with Gasteiger partial charge in [0, 0.05) is 8.22 Å². The van der Waals surface area contributed by atoms with E-state index >= 15 is 0 Å². The van der Waals surface area contributed by atoms with Crippen LogP contribution in [0.4, 0.5) is 0 Å². The summed E-state index contributed by atoms with van der Waals surface area (Å²) in [6.07, 6.45) is 2.39. The summed E-state index contributed by atoms with van der Waals surface area (Å²) in [6, 6.07) is 20.3. The van der Waals surface area contributed by atoms with Gasteiger partial charge in [-0.05, 0) is 48.9 Å². The van der Waals surface area contributed by atoms with Crippen molar-refractivity contribution in [3.63, 3.8) is 0 Å². The van der Waals surface area contributed by atoms with Gasteiger partial charge in [0.05, 0.1) is 7.98 Å². The third kappa shape index (κ3) is 5.56. The van der Waals surface area contributed by atoms with Crippen LogP contribution >= 0.6 is 0 Å². The van der Waals surface area contributed by atoms with Gasteiger partial charge in [-0.1, -0.05) is 105 Å². The fraction of sp³-hybridized carbons (Fsp3) is 0.385. The largest absolute Gasteiger partial charge is 0.404 e. The second kappa shape index (κ2) is 10.0. The van der Waals surface area contributed by atoms with Crippen molar-refractivity contribution < 1.29 is 14.0 Å². The van der Waals surface area contributed by atoms with Crippen LogP contribution < -0.4 is 10.4 Å². The molecule has 0 aliphatic rings. The molecular formula is C26H36OSi. The predicted octanol–water partition coefficient (Wildman–Crippen LogP) is 6.26. The zero-order valence-electron chi connectivity index (χ0n) is 24.4. The van der Waals surface area contributed by atoms with E-state index in [1.54, 1.807) is 0 Å². The normalized spacial score (nSPS) is 17.3. The summed E-state index contributed by atoms with van der Waals surface area (Å²) >= 11 is 0. The fourth-order valence-corrected chi connectivity index (χ4v) is 8.05. The second-order valence-corrected chi connectivity index (χ2v) is 12.4. The molecule has 150 valence electrons. The summed E-state index contributed by atoms with van der Waals surface area (Å²) in [6.45, 7) is 3.25. The molecule has 0 N–H and O–H groups in total. The molecule has 0 bridgehead atoms. The Morgan fingerprint density at radius 2 is 1.54 bits per heavy atom. The molecule has 2 aromatic carbocycles. The van der Waals surface area contributed by atoms with E-state index in [2.05, 4.69) is 45.0 Å². The highest BCUT2D eigenvalue weighted by Gasteiger charge is 2.49. The monoisotopic (exact) mass is 399 g/mol. The van der Waals surface area contributed by atoms with E-state index in [1.165, 1.54) is 10.4 Å². The summed E-state index contributed by atoms with van der Waals surface area (Å²) < 4.78 is 60.1. The minimum Gasteiger partial charge on any atom is -0.404 e. The Kier molecular flexibility index (Phi) is 5.07. The fourth-order valence-electron chi connectivity index (χ4n) is 3.56. The van der Waals surface area contributed by atoms with Gasteiger partial charge < -0.3 is 4.43 Å². The standard InChI is InChI=1S/C26H36OSi/c1-22(2)14-13-15-23(3)20-21-27-28(26(4,5)6,24-16-9-7-10-17-24)25-18-11-8-12-19-25/h7-12,14,16-20H,13,15,21H2,1-6H3/b23-20+/i1D3,2D3,14D. The van der Waals surface area contributed by atoms with Crippen LogP contribution in [0.1, 0.15) is 63.8 Å². The molecule has 0 radical (unpaired) electrons. The van der Waals surface area contributed by atoms with E-state index in [9.17, 15) is 0 Å². The SMILES string of the molecule is [2H]C(CC/C(C)=C/CO[Si](c1ccccc1)(c1ccccc1)C(C)(C)C)=C(C([2H])([2H])[2H])C([2H])([2H])[2H].